The maximum atomic E-state index is 10.9. The molecule has 1 N–H and O–H groups in total. The van der Waals surface area contributed by atoms with Crippen molar-refractivity contribution in [1.29, 1.82) is 0 Å². The predicted molar refractivity (Wildman–Crippen MR) is 76.5 cm³/mol. The Morgan fingerprint density at radius 2 is 2.05 bits per heavy atom. The molecule has 1 fully saturated rings. The van der Waals surface area contributed by atoms with Crippen LogP contribution in [0.25, 0.3) is 10.9 Å². The highest BCUT2D eigenvalue weighted by atomic mass is 16.5. The van der Waals surface area contributed by atoms with Crippen molar-refractivity contribution in [3.8, 4) is 0 Å². The number of fused-ring (bicyclic) bond motifs is 1. The van der Waals surface area contributed by atoms with Crippen molar-refractivity contribution in [2.75, 3.05) is 20.3 Å². The number of nitrogens with zero attached hydrogens (tertiary/aromatic N) is 1. The van der Waals surface area contributed by atoms with Crippen LogP contribution >= 0.6 is 0 Å². The van der Waals surface area contributed by atoms with Crippen LogP contribution in [0, 0.1) is 0 Å². The summed E-state index contributed by atoms with van der Waals surface area (Å²) in [4.78, 5) is 4.34. The molecule has 1 aromatic carbocycles. The fourth-order valence-corrected chi connectivity index (χ4v) is 2.96. The van der Waals surface area contributed by atoms with E-state index in [-0.39, 0.29) is 0 Å². The number of benzene rings is 1. The van der Waals surface area contributed by atoms with Gasteiger partial charge in [-0.3, -0.25) is 4.98 Å². The van der Waals surface area contributed by atoms with E-state index in [1.54, 1.807) is 13.3 Å². The number of aliphatic hydroxyl groups is 1. The van der Waals surface area contributed by atoms with Crippen LogP contribution in [-0.2, 0) is 9.47 Å². The summed E-state index contributed by atoms with van der Waals surface area (Å²) < 4.78 is 11.1. The third-order valence-electron chi connectivity index (χ3n) is 4.22. The zero-order chi connectivity index (χ0) is 14.0. The van der Waals surface area contributed by atoms with Gasteiger partial charge < -0.3 is 14.6 Å². The first kappa shape index (κ1) is 13.5. The highest BCUT2D eigenvalue weighted by molar-refractivity contribution is 5.82. The number of ether oxygens (including phenoxy) is 2. The fraction of sp³-hybridized carbons (Fsp3) is 0.438. The third-order valence-corrected chi connectivity index (χ3v) is 4.22. The van der Waals surface area contributed by atoms with Gasteiger partial charge in [-0.15, -0.1) is 0 Å². The van der Waals surface area contributed by atoms with Gasteiger partial charge in [-0.2, -0.15) is 0 Å². The van der Waals surface area contributed by atoms with E-state index < -0.39 is 11.7 Å². The lowest BCUT2D eigenvalue weighted by molar-refractivity contribution is -0.154. The number of hydrogen-bond donors (Lipinski definition) is 1. The Balaban J connectivity index is 2.05. The number of hydrogen-bond acceptors (Lipinski definition) is 4. The molecule has 4 nitrogen and oxygen atoms in total. The van der Waals surface area contributed by atoms with Gasteiger partial charge >= 0.3 is 0 Å². The normalized spacial score (nSPS) is 19.9. The van der Waals surface area contributed by atoms with Gasteiger partial charge in [0.25, 0.3) is 0 Å². The number of aliphatic hydroxyl groups excluding tert-OH is 1. The van der Waals surface area contributed by atoms with Crippen LogP contribution in [0.3, 0.4) is 0 Å². The average molecular weight is 273 g/mol. The first-order chi connectivity index (χ1) is 9.77. The number of pyridine rings is 1. The minimum atomic E-state index is -0.677. The largest absolute Gasteiger partial charge is 0.385 e. The number of rotatable bonds is 3. The van der Waals surface area contributed by atoms with E-state index in [2.05, 4.69) is 4.98 Å². The Hall–Kier alpha value is -1.49. The Bertz CT molecular complexity index is 588. The standard InChI is InChI=1S/C16H19NO3/c1-19-16(7-10-20-11-8-16)15(18)13-4-2-6-14-12(13)5-3-9-17-14/h2-6,9,15,18H,7-8,10-11H2,1H3. The SMILES string of the molecule is COC1(C(O)c2cccc3ncccc23)CCOCC1. The van der Waals surface area contributed by atoms with E-state index in [1.807, 2.05) is 30.3 Å². The van der Waals surface area contributed by atoms with Crippen LogP contribution in [0.4, 0.5) is 0 Å². The molecule has 0 bridgehead atoms. The van der Waals surface area contributed by atoms with E-state index in [1.165, 1.54) is 0 Å². The summed E-state index contributed by atoms with van der Waals surface area (Å²) in [6.45, 7) is 1.24. The van der Waals surface area contributed by atoms with Crippen LogP contribution in [0.15, 0.2) is 36.5 Å². The Morgan fingerprint density at radius 3 is 2.80 bits per heavy atom. The van der Waals surface area contributed by atoms with Crippen molar-refractivity contribution >= 4 is 10.9 Å². The summed E-state index contributed by atoms with van der Waals surface area (Å²) in [6.07, 6.45) is 2.48. The minimum Gasteiger partial charge on any atom is -0.385 e. The van der Waals surface area contributed by atoms with Crippen LogP contribution < -0.4 is 0 Å². The highest BCUT2D eigenvalue weighted by Crippen LogP contribution is 2.39. The monoisotopic (exact) mass is 273 g/mol. The molecule has 0 spiro atoms. The van der Waals surface area contributed by atoms with Crippen LogP contribution in [-0.4, -0.2) is 36.0 Å². The van der Waals surface area contributed by atoms with Crippen molar-refractivity contribution < 1.29 is 14.6 Å². The summed E-state index contributed by atoms with van der Waals surface area (Å²) in [5.74, 6) is 0. The van der Waals surface area contributed by atoms with E-state index in [9.17, 15) is 5.11 Å². The first-order valence-corrected chi connectivity index (χ1v) is 6.91. The topological polar surface area (TPSA) is 51.6 Å². The summed E-state index contributed by atoms with van der Waals surface area (Å²) in [7, 11) is 1.66. The van der Waals surface area contributed by atoms with E-state index in [4.69, 9.17) is 9.47 Å². The van der Waals surface area contributed by atoms with Crippen LogP contribution in [0.2, 0.25) is 0 Å². The fourth-order valence-electron chi connectivity index (χ4n) is 2.96. The molecule has 106 valence electrons. The van der Waals surface area contributed by atoms with Crippen molar-refractivity contribution in [3.05, 3.63) is 42.1 Å². The summed E-state index contributed by atoms with van der Waals surface area (Å²) in [5, 5.41) is 11.9. The summed E-state index contributed by atoms with van der Waals surface area (Å²) >= 11 is 0. The molecule has 2 aromatic rings. The van der Waals surface area contributed by atoms with Crippen LogP contribution in [0.1, 0.15) is 24.5 Å². The van der Waals surface area contributed by atoms with Gasteiger partial charge in [-0.25, -0.2) is 0 Å². The third kappa shape index (κ3) is 2.20. The van der Waals surface area contributed by atoms with Gasteiger partial charge in [0.1, 0.15) is 11.7 Å². The molecular weight excluding hydrogens is 254 g/mol. The molecule has 0 saturated carbocycles. The molecule has 4 heteroatoms. The number of methoxy groups -OCH3 is 1. The van der Waals surface area contributed by atoms with Gasteiger partial charge in [0, 0.05) is 44.7 Å². The van der Waals surface area contributed by atoms with Gasteiger partial charge in [0.2, 0.25) is 0 Å². The molecular formula is C16H19NO3. The zero-order valence-corrected chi connectivity index (χ0v) is 11.6. The van der Waals surface area contributed by atoms with E-state index >= 15 is 0 Å². The summed E-state index contributed by atoms with van der Waals surface area (Å²) in [5.41, 5.74) is 1.20. The first-order valence-electron chi connectivity index (χ1n) is 6.91. The van der Waals surface area contributed by atoms with Crippen molar-refractivity contribution in [2.24, 2.45) is 0 Å². The summed E-state index contributed by atoms with van der Waals surface area (Å²) in [6, 6.07) is 9.71. The smallest absolute Gasteiger partial charge is 0.109 e. The molecule has 1 unspecified atom stereocenters. The molecule has 20 heavy (non-hydrogen) atoms. The van der Waals surface area contributed by atoms with E-state index in [0.29, 0.717) is 26.1 Å². The lowest BCUT2D eigenvalue weighted by Crippen LogP contribution is -2.43. The quantitative estimate of drug-likeness (QED) is 0.933. The molecule has 2 heterocycles. The van der Waals surface area contributed by atoms with Gasteiger partial charge in [0.05, 0.1) is 5.52 Å². The maximum Gasteiger partial charge on any atom is 0.109 e. The molecule has 1 aliphatic rings. The van der Waals surface area contributed by atoms with Gasteiger partial charge in [0.15, 0.2) is 0 Å². The lowest BCUT2D eigenvalue weighted by Gasteiger charge is -2.40. The molecule has 1 atom stereocenters. The molecule has 1 aromatic heterocycles. The molecule has 1 saturated heterocycles. The second kappa shape index (κ2) is 5.48. The van der Waals surface area contributed by atoms with Crippen LogP contribution in [0.5, 0.6) is 0 Å². The Labute approximate surface area is 118 Å². The molecule has 0 aliphatic carbocycles. The Kier molecular flexibility index (Phi) is 3.70. The number of aromatic nitrogens is 1. The highest BCUT2D eigenvalue weighted by Gasteiger charge is 2.41. The molecule has 3 rings (SSSR count). The average Bonchev–Trinajstić information content (AvgIpc) is 2.54. The van der Waals surface area contributed by atoms with Gasteiger partial charge in [-0.05, 0) is 17.7 Å². The minimum absolute atomic E-state index is 0.567. The van der Waals surface area contributed by atoms with E-state index in [0.717, 1.165) is 16.5 Å². The van der Waals surface area contributed by atoms with Gasteiger partial charge in [-0.1, -0.05) is 18.2 Å². The lowest BCUT2D eigenvalue weighted by atomic mass is 9.83. The maximum absolute atomic E-state index is 10.9. The molecule has 0 amide bonds. The van der Waals surface area contributed by atoms with Crippen molar-refractivity contribution in [1.82, 2.24) is 4.98 Å². The second-order valence-electron chi connectivity index (χ2n) is 5.20. The molecule has 1 aliphatic heterocycles. The zero-order valence-electron chi connectivity index (χ0n) is 11.6. The second-order valence-corrected chi connectivity index (χ2v) is 5.20. The predicted octanol–water partition coefficient (Wildman–Crippen LogP) is 2.46. The molecule has 0 radical (unpaired) electrons. The Morgan fingerprint density at radius 1 is 1.25 bits per heavy atom. The van der Waals surface area contributed by atoms with Crippen molar-refractivity contribution in [3.63, 3.8) is 0 Å². The van der Waals surface area contributed by atoms with Crippen molar-refractivity contribution in [2.45, 2.75) is 24.5 Å².